The Kier molecular flexibility index (Phi) is 5.24. The van der Waals surface area contributed by atoms with Gasteiger partial charge < -0.3 is 9.47 Å². The minimum absolute atomic E-state index is 0.0451. The fraction of sp³-hybridized carbons (Fsp3) is 0.333. The first-order valence-corrected chi connectivity index (χ1v) is 9.95. The Balaban J connectivity index is 1.64. The molecule has 1 aromatic carbocycles. The van der Waals surface area contributed by atoms with Crippen molar-refractivity contribution < 1.29 is 13.2 Å². The highest BCUT2D eigenvalue weighted by molar-refractivity contribution is 7.88. The summed E-state index contributed by atoms with van der Waals surface area (Å²) in [6, 6.07) is 11.9. The van der Waals surface area contributed by atoms with Crippen LogP contribution < -0.4 is 5.56 Å². The van der Waals surface area contributed by atoms with Gasteiger partial charge in [0.05, 0.1) is 5.75 Å². The molecular weight excluding hydrogens is 354 g/mol. The predicted molar refractivity (Wildman–Crippen MR) is 98.2 cm³/mol. The molecule has 2 heterocycles. The summed E-state index contributed by atoms with van der Waals surface area (Å²) < 4.78 is 27.9. The Hall–Kier alpha value is -2.45. The van der Waals surface area contributed by atoms with Gasteiger partial charge in [-0.2, -0.15) is 4.31 Å². The third-order valence-electron chi connectivity index (χ3n) is 4.46. The number of benzene rings is 1. The summed E-state index contributed by atoms with van der Waals surface area (Å²) in [4.78, 5) is 25.8. The molecule has 7 nitrogen and oxygen atoms in total. The summed E-state index contributed by atoms with van der Waals surface area (Å²) in [6.07, 6.45) is 1.55. The van der Waals surface area contributed by atoms with E-state index in [1.807, 2.05) is 18.2 Å². The average Bonchev–Trinajstić information content (AvgIpc) is 2.64. The first kappa shape index (κ1) is 18.3. The molecule has 26 heavy (non-hydrogen) atoms. The maximum absolute atomic E-state index is 12.6. The van der Waals surface area contributed by atoms with Crippen molar-refractivity contribution in [1.29, 1.82) is 0 Å². The third-order valence-corrected chi connectivity index (χ3v) is 6.31. The van der Waals surface area contributed by atoms with Gasteiger partial charge in [0.1, 0.15) is 0 Å². The minimum Gasteiger partial charge on any atom is -0.336 e. The van der Waals surface area contributed by atoms with Crippen molar-refractivity contribution in [1.82, 2.24) is 13.8 Å². The van der Waals surface area contributed by atoms with Crippen molar-refractivity contribution >= 4 is 15.9 Å². The summed E-state index contributed by atoms with van der Waals surface area (Å²) in [5.74, 6) is -0.293. The summed E-state index contributed by atoms with van der Waals surface area (Å²) in [6.45, 7) is 1.13. The lowest BCUT2D eigenvalue weighted by Crippen LogP contribution is -2.50. The van der Waals surface area contributed by atoms with Crippen LogP contribution in [0.1, 0.15) is 15.9 Å². The highest BCUT2D eigenvalue weighted by Crippen LogP contribution is 2.15. The van der Waals surface area contributed by atoms with Crippen molar-refractivity contribution in [3.05, 3.63) is 70.1 Å². The van der Waals surface area contributed by atoms with Crippen molar-refractivity contribution in [2.45, 2.75) is 5.75 Å². The number of aromatic nitrogens is 1. The average molecular weight is 375 g/mol. The van der Waals surface area contributed by atoms with Gasteiger partial charge in [-0.15, -0.1) is 0 Å². The number of carbonyl (C=O) groups excluding carboxylic acids is 1. The van der Waals surface area contributed by atoms with Crippen LogP contribution in [0.2, 0.25) is 0 Å². The van der Waals surface area contributed by atoms with Crippen molar-refractivity contribution in [3.8, 4) is 0 Å². The van der Waals surface area contributed by atoms with Gasteiger partial charge in [0.2, 0.25) is 10.0 Å². The molecule has 1 amide bonds. The minimum atomic E-state index is -3.42. The summed E-state index contributed by atoms with van der Waals surface area (Å²) >= 11 is 0. The molecule has 2 aromatic rings. The molecule has 0 saturated carbocycles. The second kappa shape index (κ2) is 7.43. The molecule has 138 valence electrons. The van der Waals surface area contributed by atoms with Crippen LogP contribution >= 0.6 is 0 Å². The van der Waals surface area contributed by atoms with E-state index in [-0.39, 0.29) is 30.3 Å². The van der Waals surface area contributed by atoms with Gasteiger partial charge in [-0.05, 0) is 11.6 Å². The predicted octanol–water partition coefficient (Wildman–Crippen LogP) is 0.673. The second-order valence-corrected chi connectivity index (χ2v) is 8.27. The van der Waals surface area contributed by atoms with Crippen LogP contribution in [0, 0.1) is 0 Å². The lowest BCUT2D eigenvalue weighted by atomic mass is 10.2. The number of pyridine rings is 1. The Morgan fingerprint density at radius 3 is 2.31 bits per heavy atom. The highest BCUT2D eigenvalue weighted by Gasteiger charge is 2.29. The smallest absolute Gasteiger partial charge is 0.254 e. The van der Waals surface area contributed by atoms with Crippen LogP contribution in [0.5, 0.6) is 0 Å². The van der Waals surface area contributed by atoms with Gasteiger partial charge in [0, 0.05) is 51.1 Å². The largest absolute Gasteiger partial charge is 0.336 e. The molecule has 0 atom stereocenters. The zero-order valence-electron chi connectivity index (χ0n) is 14.5. The van der Waals surface area contributed by atoms with E-state index < -0.39 is 10.0 Å². The molecule has 1 aliphatic rings. The van der Waals surface area contributed by atoms with E-state index in [0.29, 0.717) is 18.7 Å². The zero-order chi connectivity index (χ0) is 18.7. The Morgan fingerprint density at radius 2 is 1.69 bits per heavy atom. The van der Waals surface area contributed by atoms with Gasteiger partial charge >= 0.3 is 0 Å². The van der Waals surface area contributed by atoms with Gasteiger partial charge in [-0.25, -0.2) is 8.42 Å². The molecule has 8 heteroatoms. The van der Waals surface area contributed by atoms with Crippen LogP contribution in [-0.2, 0) is 22.8 Å². The van der Waals surface area contributed by atoms with Gasteiger partial charge in [-0.3, -0.25) is 9.59 Å². The zero-order valence-corrected chi connectivity index (χ0v) is 15.4. The number of sulfonamides is 1. The van der Waals surface area contributed by atoms with Crippen LogP contribution in [0.4, 0.5) is 0 Å². The van der Waals surface area contributed by atoms with Gasteiger partial charge in [-0.1, -0.05) is 30.3 Å². The van der Waals surface area contributed by atoms with Crippen LogP contribution in [0.25, 0.3) is 0 Å². The topological polar surface area (TPSA) is 79.7 Å². The highest BCUT2D eigenvalue weighted by atomic mass is 32.2. The third kappa shape index (κ3) is 4.03. The fourth-order valence-electron chi connectivity index (χ4n) is 2.91. The molecule has 0 N–H and O–H groups in total. The number of carbonyl (C=O) groups is 1. The Bertz CT molecular complexity index is 946. The van der Waals surface area contributed by atoms with Crippen molar-refractivity contribution in [2.24, 2.45) is 7.05 Å². The molecule has 0 unspecified atom stereocenters. The van der Waals surface area contributed by atoms with Crippen LogP contribution in [0.15, 0.2) is 53.5 Å². The van der Waals surface area contributed by atoms with Crippen LogP contribution in [-0.4, -0.2) is 54.3 Å². The normalized spacial score (nSPS) is 15.8. The van der Waals surface area contributed by atoms with E-state index in [9.17, 15) is 18.0 Å². The summed E-state index contributed by atoms with van der Waals surface area (Å²) in [5, 5.41) is 0. The maximum atomic E-state index is 12.6. The van der Waals surface area contributed by atoms with E-state index in [2.05, 4.69) is 0 Å². The molecule has 0 bridgehead atoms. The standard InChI is InChI=1S/C18H21N3O4S/c1-19-8-7-16(13-17(19)22)18(23)20-9-11-21(12-10-20)26(24,25)14-15-5-3-2-4-6-15/h2-8,13H,9-12,14H2,1H3. The summed E-state index contributed by atoms with van der Waals surface area (Å²) in [7, 11) is -1.80. The summed E-state index contributed by atoms with van der Waals surface area (Å²) in [5.41, 5.74) is 0.819. The molecular formula is C18H21N3O4S. The van der Waals surface area contributed by atoms with Crippen molar-refractivity contribution in [2.75, 3.05) is 26.2 Å². The number of piperazine rings is 1. The quantitative estimate of drug-likeness (QED) is 0.787. The first-order chi connectivity index (χ1) is 12.4. The van der Waals surface area contributed by atoms with E-state index in [1.165, 1.54) is 14.9 Å². The Labute approximate surface area is 152 Å². The van der Waals surface area contributed by atoms with E-state index in [4.69, 9.17) is 0 Å². The molecule has 0 spiro atoms. The maximum Gasteiger partial charge on any atom is 0.254 e. The molecule has 1 aromatic heterocycles. The number of hydrogen-bond acceptors (Lipinski definition) is 4. The fourth-order valence-corrected chi connectivity index (χ4v) is 4.43. The SMILES string of the molecule is Cn1ccc(C(=O)N2CCN(S(=O)(=O)Cc3ccccc3)CC2)cc1=O. The van der Waals surface area contributed by atoms with E-state index >= 15 is 0 Å². The lowest BCUT2D eigenvalue weighted by molar-refractivity contribution is 0.0697. The van der Waals surface area contributed by atoms with E-state index in [1.54, 1.807) is 36.3 Å². The number of amides is 1. The Morgan fingerprint density at radius 1 is 1.04 bits per heavy atom. The van der Waals surface area contributed by atoms with Crippen molar-refractivity contribution in [3.63, 3.8) is 0 Å². The van der Waals surface area contributed by atoms with Gasteiger partial charge in [0.15, 0.2) is 0 Å². The molecule has 0 radical (unpaired) electrons. The molecule has 1 aliphatic heterocycles. The first-order valence-electron chi connectivity index (χ1n) is 8.34. The number of hydrogen-bond donors (Lipinski definition) is 0. The monoisotopic (exact) mass is 375 g/mol. The van der Waals surface area contributed by atoms with Crippen LogP contribution in [0.3, 0.4) is 0 Å². The molecule has 1 fully saturated rings. The molecule has 3 rings (SSSR count). The van der Waals surface area contributed by atoms with E-state index in [0.717, 1.165) is 5.56 Å². The number of rotatable bonds is 4. The number of aryl methyl sites for hydroxylation is 1. The second-order valence-electron chi connectivity index (χ2n) is 6.30. The lowest BCUT2D eigenvalue weighted by Gasteiger charge is -2.34. The number of nitrogens with zero attached hydrogens (tertiary/aromatic N) is 3. The van der Waals surface area contributed by atoms with Gasteiger partial charge in [0.25, 0.3) is 11.5 Å². The molecule has 0 aliphatic carbocycles. The molecule has 1 saturated heterocycles.